The summed E-state index contributed by atoms with van der Waals surface area (Å²) < 4.78 is 0. The van der Waals surface area contributed by atoms with Crippen molar-refractivity contribution >= 4 is 11.6 Å². The van der Waals surface area contributed by atoms with E-state index in [9.17, 15) is 4.79 Å². The minimum Gasteiger partial charge on any atom is -0.362 e. The second-order valence-electron chi connectivity index (χ2n) is 3.55. The zero-order valence-corrected chi connectivity index (χ0v) is 8.74. The summed E-state index contributed by atoms with van der Waals surface area (Å²) in [4.78, 5) is 10.7. The summed E-state index contributed by atoms with van der Waals surface area (Å²) in [5.74, 6) is 1.11. The average molecular weight is 193 g/mol. The number of carbonyl (C=O) groups is 1. The smallest absolute Gasteiger partial charge is 0.149 e. The average Bonchev–Trinajstić information content (AvgIpc) is 2.15. The second-order valence-corrected chi connectivity index (χ2v) is 3.55. The summed E-state index contributed by atoms with van der Waals surface area (Å²) in [5, 5.41) is 10.9. The van der Waals surface area contributed by atoms with Gasteiger partial charge in [-0.2, -0.15) is 5.10 Å². The van der Waals surface area contributed by atoms with E-state index >= 15 is 0 Å². The first-order valence-corrected chi connectivity index (χ1v) is 4.66. The summed E-state index contributed by atoms with van der Waals surface area (Å²) >= 11 is 0. The number of Topliss-reactive ketones (excluding diaryl/α,β-unsaturated/α-hetero) is 1. The molecule has 0 saturated heterocycles. The number of nitrogens with zero attached hydrogens (tertiary/aromatic N) is 2. The van der Waals surface area contributed by atoms with Crippen molar-refractivity contribution in [3.63, 3.8) is 0 Å². The Bertz CT molecular complexity index is 306. The number of rotatable bonds is 4. The SMILES string of the molecule is CC(=O)CNc1ccc(C(C)C)nn1. The molecule has 0 radical (unpaired) electrons. The normalized spacial score (nSPS) is 10.3. The molecule has 0 aromatic carbocycles. The highest BCUT2D eigenvalue weighted by atomic mass is 16.1. The van der Waals surface area contributed by atoms with Gasteiger partial charge in [-0.1, -0.05) is 13.8 Å². The molecule has 1 N–H and O–H groups in total. The maximum absolute atomic E-state index is 10.7. The minimum absolute atomic E-state index is 0.0831. The number of aromatic nitrogens is 2. The molecule has 76 valence electrons. The van der Waals surface area contributed by atoms with Gasteiger partial charge in [0, 0.05) is 0 Å². The molecule has 0 aliphatic carbocycles. The first-order valence-electron chi connectivity index (χ1n) is 4.66. The van der Waals surface area contributed by atoms with Crippen LogP contribution in [-0.2, 0) is 4.79 Å². The highest BCUT2D eigenvalue weighted by molar-refractivity contribution is 5.79. The Balaban J connectivity index is 2.59. The molecule has 0 aliphatic rings. The van der Waals surface area contributed by atoms with Crippen molar-refractivity contribution < 1.29 is 4.79 Å². The standard InChI is InChI=1S/C10H15N3O/c1-7(2)9-4-5-10(13-12-9)11-6-8(3)14/h4-5,7H,6H2,1-3H3,(H,11,13). The molecule has 4 heteroatoms. The summed E-state index contributed by atoms with van der Waals surface area (Å²) in [5.41, 5.74) is 0.957. The molecule has 0 saturated carbocycles. The Hall–Kier alpha value is -1.45. The quantitative estimate of drug-likeness (QED) is 0.789. The fourth-order valence-corrected chi connectivity index (χ4v) is 0.960. The lowest BCUT2D eigenvalue weighted by molar-refractivity contribution is -0.115. The second kappa shape index (κ2) is 4.69. The van der Waals surface area contributed by atoms with E-state index < -0.39 is 0 Å². The molecular formula is C10H15N3O. The maximum atomic E-state index is 10.7. The van der Waals surface area contributed by atoms with Gasteiger partial charge in [0.25, 0.3) is 0 Å². The minimum atomic E-state index is 0.0831. The predicted molar refractivity (Wildman–Crippen MR) is 55.3 cm³/mol. The van der Waals surface area contributed by atoms with E-state index in [1.807, 2.05) is 12.1 Å². The van der Waals surface area contributed by atoms with Gasteiger partial charge in [0.1, 0.15) is 11.6 Å². The van der Waals surface area contributed by atoms with E-state index in [1.165, 1.54) is 6.92 Å². The molecular weight excluding hydrogens is 178 g/mol. The molecule has 0 spiro atoms. The van der Waals surface area contributed by atoms with Crippen LogP contribution in [0.2, 0.25) is 0 Å². The van der Waals surface area contributed by atoms with Gasteiger partial charge in [0.05, 0.1) is 12.2 Å². The molecule has 1 heterocycles. The fraction of sp³-hybridized carbons (Fsp3) is 0.500. The molecule has 0 amide bonds. The van der Waals surface area contributed by atoms with E-state index in [4.69, 9.17) is 0 Å². The molecule has 0 unspecified atom stereocenters. The van der Waals surface area contributed by atoms with Gasteiger partial charge in [-0.05, 0) is 25.0 Å². The van der Waals surface area contributed by atoms with Crippen LogP contribution < -0.4 is 5.32 Å². The van der Waals surface area contributed by atoms with Crippen LogP contribution in [0.5, 0.6) is 0 Å². The molecule has 0 bridgehead atoms. The van der Waals surface area contributed by atoms with Crippen LogP contribution >= 0.6 is 0 Å². The zero-order chi connectivity index (χ0) is 10.6. The summed E-state index contributed by atoms with van der Waals surface area (Å²) in [6, 6.07) is 3.76. The maximum Gasteiger partial charge on any atom is 0.149 e. The molecule has 4 nitrogen and oxygen atoms in total. The Kier molecular flexibility index (Phi) is 3.56. The fourth-order valence-electron chi connectivity index (χ4n) is 0.960. The van der Waals surface area contributed by atoms with Crippen molar-refractivity contribution in [3.05, 3.63) is 17.8 Å². The van der Waals surface area contributed by atoms with Crippen LogP contribution in [-0.4, -0.2) is 22.5 Å². The van der Waals surface area contributed by atoms with Crippen LogP contribution in [0.15, 0.2) is 12.1 Å². The van der Waals surface area contributed by atoms with Gasteiger partial charge in [0.15, 0.2) is 0 Å². The summed E-state index contributed by atoms with van der Waals surface area (Å²) in [6.45, 7) is 5.96. The van der Waals surface area contributed by atoms with Crippen LogP contribution in [0, 0.1) is 0 Å². The van der Waals surface area contributed by atoms with E-state index in [0.29, 0.717) is 18.3 Å². The number of nitrogens with one attached hydrogen (secondary N) is 1. The van der Waals surface area contributed by atoms with E-state index in [0.717, 1.165) is 5.69 Å². The van der Waals surface area contributed by atoms with Gasteiger partial charge in [-0.3, -0.25) is 4.79 Å². The Labute approximate surface area is 83.7 Å². The Morgan fingerprint density at radius 3 is 2.57 bits per heavy atom. The van der Waals surface area contributed by atoms with Gasteiger partial charge >= 0.3 is 0 Å². The summed E-state index contributed by atoms with van der Waals surface area (Å²) in [6.07, 6.45) is 0. The van der Waals surface area contributed by atoms with Crippen molar-refractivity contribution in [2.24, 2.45) is 0 Å². The Morgan fingerprint density at radius 1 is 1.43 bits per heavy atom. The highest BCUT2D eigenvalue weighted by Gasteiger charge is 2.01. The van der Waals surface area contributed by atoms with Crippen LogP contribution in [0.4, 0.5) is 5.82 Å². The molecule has 1 aromatic heterocycles. The first-order chi connectivity index (χ1) is 6.59. The third-order valence-corrected chi connectivity index (χ3v) is 1.80. The third-order valence-electron chi connectivity index (χ3n) is 1.80. The molecule has 0 fully saturated rings. The lowest BCUT2D eigenvalue weighted by Crippen LogP contribution is -2.11. The highest BCUT2D eigenvalue weighted by Crippen LogP contribution is 2.11. The van der Waals surface area contributed by atoms with E-state index in [1.54, 1.807) is 0 Å². The van der Waals surface area contributed by atoms with Crippen LogP contribution in [0.25, 0.3) is 0 Å². The molecule has 1 rings (SSSR count). The monoisotopic (exact) mass is 193 g/mol. The van der Waals surface area contributed by atoms with Gasteiger partial charge in [0.2, 0.25) is 0 Å². The number of hydrogen-bond donors (Lipinski definition) is 1. The topological polar surface area (TPSA) is 54.9 Å². The van der Waals surface area contributed by atoms with Gasteiger partial charge in [-0.25, -0.2) is 0 Å². The Morgan fingerprint density at radius 2 is 2.14 bits per heavy atom. The van der Waals surface area contributed by atoms with Crippen molar-refractivity contribution in [2.45, 2.75) is 26.7 Å². The van der Waals surface area contributed by atoms with E-state index in [2.05, 4.69) is 29.4 Å². The van der Waals surface area contributed by atoms with Crippen LogP contribution in [0.1, 0.15) is 32.4 Å². The predicted octanol–water partition coefficient (Wildman–Crippen LogP) is 1.60. The van der Waals surface area contributed by atoms with Crippen molar-refractivity contribution in [1.82, 2.24) is 10.2 Å². The number of hydrogen-bond acceptors (Lipinski definition) is 4. The molecule has 0 aliphatic heterocycles. The summed E-state index contributed by atoms with van der Waals surface area (Å²) in [7, 11) is 0. The van der Waals surface area contributed by atoms with Gasteiger partial charge in [-0.15, -0.1) is 5.10 Å². The third kappa shape index (κ3) is 3.12. The van der Waals surface area contributed by atoms with Crippen molar-refractivity contribution in [3.8, 4) is 0 Å². The van der Waals surface area contributed by atoms with Crippen molar-refractivity contribution in [1.29, 1.82) is 0 Å². The number of carbonyl (C=O) groups excluding carboxylic acids is 1. The van der Waals surface area contributed by atoms with E-state index in [-0.39, 0.29) is 5.78 Å². The zero-order valence-electron chi connectivity index (χ0n) is 8.74. The van der Waals surface area contributed by atoms with Gasteiger partial charge < -0.3 is 5.32 Å². The molecule has 14 heavy (non-hydrogen) atoms. The number of ketones is 1. The first kappa shape index (κ1) is 10.6. The lowest BCUT2D eigenvalue weighted by Gasteiger charge is -2.05. The lowest BCUT2D eigenvalue weighted by atomic mass is 10.1. The number of anilines is 1. The van der Waals surface area contributed by atoms with Crippen molar-refractivity contribution in [2.75, 3.05) is 11.9 Å². The molecule has 1 aromatic rings. The largest absolute Gasteiger partial charge is 0.362 e. The van der Waals surface area contributed by atoms with Crippen LogP contribution in [0.3, 0.4) is 0 Å². The molecule has 0 atom stereocenters.